The van der Waals surface area contributed by atoms with Gasteiger partial charge in [-0.1, -0.05) is 66.0 Å². The van der Waals surface area contributed by atoms with E-state index in [9.17, 15) is 31.2 Å². The Morgan fingerprint density at radius 1 is 0.930 bits per heavy atom. The number of alkyl halides is 3. The number of anilines is 1. The average molecular weight is 679 g/mol. The van der Waals surface area contributed by atoms with Crippen molar-refractivity contribution in [3.63, 3.8) is 0 Å². The zero-order valence-corrected chi connectivity index (χ0v) is 26.4. The van der Waals surface area contributed by atoms with E-state index >= 15 is 0 Å². The van der Waals surface area contributed by atoms with Crippen molar-refractivity contribution in [1.29, 1.82) is 0 Å². The predicted molar refractivity (Wildman–Crippen MR) is 162 cm³/mol. The van der Waals surface area contributed by atoms with Crippen LogP contribution in [0.3, 0.4) is 0 Å². The summed E-state index contributed by atoms with van der Waals surface area (Å²) in [4.78, 5) is 28.1. The lowest BCUT2D eigenvalue weighted by Gasteiger charge is -2.34. The Morgan fingerprint density at radius 3 is 2.14 bits per heavy atom. The van der Waals surface area contributed by atoms with E-state index in [1.165, 1.54) is 36.4 Å². The van der Waals surface area contributed by atoms with E-state index in [0.29, 0.717) is 27.0 Å². The summed E-state index contributed by atoms with van der Waals surface area (Å²) in [5.41, 5.74) is -1.32. The minimum absolute atomic E-state index is 0.130. The molecule has 14 heteroatoms. The van der Waals surface area contributed by atoms with E-state index in [4.69, 9.17) is 34.8 Å². The first-order valence-electron chi connectivity index (χ1n) is 13.0. The Bertz CT molecular complexity index is 1570. The van der Waals surface area contributed by atoms with E-state index in [2.05, 4.69) is 5.32 Å². The molecule has 3 rings (SSSR count). The summed E-state index contributed by atoms with van der Waals surface area (Å²) in [6.45, 7) is 3.92. The predicted octanol–water partition coefficient (Wildman–Crippen LogP) is 7.19. The largest absolute Gasteiger partial charge is 0.416 e. The Morgan fingerprint density at radius 2 is 1.58 bits per heavy atom. The molecule has 0 bridgehead atoms. The minimum Gasteiger partial charge on any atom is -0.352 e. The molecule has 0 aromatic heterocycles. The molecular weight excluding hydrogens is 650 g/mol. The first-order chi connectivity index (χ1) is 20.1. The van der Waals surface area contributed by atoms with Crippen LogP contribution in [0.15, 0.2) is 71.6 Å². The summed E-state index contributed by atoms with van der Waals surface area (Å²) in [5.74, 6) is -1.39. The van der Waals surface area contributed by atoms with Gasteiger partial charge < -0.3 is 10.2 Å². The number of hydrogen-bond donors (Lipinski definition) is 1. The molecule has 0 aliphatic heterocycles. The molecule has 43 heavy (non-hydrogen) atoms. The standard InChI is InChI=1S/C29H29Cl3F3N3O4S/c1-4-25(28(40)36-18(2)3)37(16-19-10-12-21(30)15-24(19)32)27(39)17-38(43(41,42)22-8-6-5-7-9-22)26-14-20(29(33,34)35)11-13-23(26)31/h5-15,18,25H,4,16-17H2,1-3H3,(H,36,40)/t25-/m1/s1. The van der Waals surface area contributed by atoms with Gasteiger partial charge in [0, 0.05) is 22.6 Å². The fourth-order valence-corrected chi connectivity index (χ4v) is 6.43. The molecule has 3 aromatic carbocycles. The monoisotopic (exact) mass is 677 g/mol. The second-order valence-corrected chi connectivity index (χ2v) is 12.9. The van der Waals surface area contributed by atoms with Crippen molar-refractivity contribution in [1.82, 2.24) is 10.2 Å². The van der Waals surface area contributed by atoms with Crippen LogP contribution in [-0.2, 0) is 32.3 Å². The highest BCUT2D eigenvalue weighted by molar-refractivity contribution is 7.92. The lowest BCUT2D eigenvalue weighted by molar-refractivity contribution is -0.140. The van der Waals surface area contributed by atoms with Crippen LogP contribution in [-0.4, -0.2) is 43.8 Å². The van der Waals surface area contributed by atoms with Crippen molar-refractivity contribution in [2.45, 2.75) is 56.9 Å². The molecule has 1 atom stereocenters. The zero-order valence-electron chi connectivity index (χ0n) is 23.3. The van der Waals surface area contributed by atoms with E-state index in [1.807, 2.05) is 0 Å². The third-order valence-electron chi connectivity index (χ3n) is 6.32. The van der Waals surface area contributed by atoms with Crippen LogP contribution >= 0.6 is 34.8 Å². The molecular formula is C29H29Cl3F3N3O4S. The molecule has 0 radical (unpaired) electrons. The molecule has 232 valence electrons. The Labute approximate surface area is 263 Å². The van der Waals surface area contributed by atoms with Gasteiger partial charge in [0.2, 0.25) is 11.8 Å². The van der Waals surface area contributed by atoms with Gasteiger partial charge in [0.25, 0.3) is 10.0 Å². The van der Waals surface area contributed by atoms with Gasteiger partial charge in [0.15, 0.2) is 0 Å². The number of halogens is 6. The molecule has 0 aliphatic rings. The number of carbonyl (C=O) groups excluding carboxylic acids is 2. The van der Waals surface area contributed by atoms with E-state index < -0.39 is 51.9 Å². The number of rotatable bonds is 11. The summed E-state index contributed by atoms with van der Waals surface area (Å²) in [6, 6.07) is 12.3. The van der Waals surface area contributed by atoms with Crippen LogP contribution in [0.25, 0.3) is 0 Å². The maximum Gasteiger partial charge on any atom is 0.416 e. The van der Waals surface area contributed by atoms with Gasteiger partial charge >= 0.3 is 6.18 Å². The van der Waals surface area contributed by atoms with Crippen LogP contribution in [0.2, 0.25) is 15.1 Å². The van der Waals surface area contributed by atoms with Crippen molar-refractivity contribution in [3.8, 4) is 0 Å². The molecule has 2 amide bonds. The highest BCUT2D eigenvalue weighted by atomic mass is 35.5. The molecule has 0 heterocycles. The van der Waals surface area contributed by atoms with Gasteiger partial charge in [0.1, 0.15) is 12.6 Å². The van der Waals surface area contributed by atoms with E-state index in [0.717, 1.165) is 11.0 Å². The normalized spacial score (nSPS) is 12.6. The van der Waals surface area contributed by atoms with Gasteiger partial charge in [-0.3, -0.25) is 13.9 Å². The third kappa shape index (κ3) is 8.56. The lowest BCUT2D eigenvalue weighted by atomic mass is 10.1. The zero-order chi connectivity index (χ0) is 32.1. The van der Waals surface area contributed by atoms with Crippen LogP contribution in [0.4, 0.5) is 18.9 Å². The van der Waals surface area contributed by atoms with E-state index in [1.54, 1.807) is 32.9 Å². The summed E-state index contributed by atoms with van der Waals surface area (Å²) in [7, 11) is -4.64. The summed E-state index contributed by atoms with van der Waals surface area (Å²) < 4.78 is 69.3. The quantitative estimate of drug-likeness (QED) is 0.233. The highest BCUT2D eigenvalue weighted by Gasteiger charge is 2.37. The summed E-state index contributed by atoms with van der Waals surface area (Å²) in [6.07, 6.45) is -4.70. The molecule has 1 N–H and O–H groups in total. The second kappa shape index (κ2) is 14.2. The number of amides is 2. The van der Waals surface area contributed by atoms with Crippen LogP contribution in [0.5, 0.6) is 0 Å². The smallest absolute Gasteiger partial charge is 0.352 e. The first-order valence-corrected chi connectivity index (χ1v) is 15.6. The summed E-state index contributed by atoms with van der Waals surface area (Å²) >= 11 is 18.7. The number of carbonyl (C=O) groups is 2. The molecule has 0 fully saturated rings. The van der Waals surface area contributed by atoms with Gasteiger partial charge in [-0.05, 0) is 68.3 Å². The third-order valence-corrected chi connectivity index (χ3v) is 9.01. The Kier molecular flexibility index (Phi) is 11.4. The molecule has 3 aromatic rings. The average Bonchev–Trinajstić information content (AvgIpc) is 2.92. The van der Waals surface area contributed by atoms with Gasteiger partial charge in [-0.15, -0.1) is 0 Å². The fourth-order valence-electron chi connectivity index (χ4n) is 4.25. The maximum atomic E-state index is 14.1. The van der Waals surface area contributed by atoms with Crippen LogP contribution in [0, 0.1) is 0 Å². The van der Waals surface area contributed by atoms with Crippen molar-refractivity contribution in [2.75, 3.05) is 10.8 Å². The second-order valence-electron chi connectivity index (χ2n) is 9.83. The molecule has 0 aliphatic carbocycles. The maximum absolute atomic E-state index is 14.1. The van der Waals surface area contributed by atoms with Gasteiger partial charge in [-0.2, -0.15) is 13.2 Å². The fraction of sp³-hybridized carbons (Fsp3) is 0.310. The number of nitrogens with one attached hydrogen (secondary N) is 1. The molecule has 0 spiro atoms. The molecule has 0 unspecified atom stereocenters. The minimum atomic E-state index is -4.83. The molecule has 7 nitrogen and oxygen atoms in total. The molecule has 0 saturated carbocycles. The number of sulfonamides is 1. The van der Waals surface area contributed by atoms with E-state index in [-0.39, 0.29) is 33.9 Å². The number of benzene rings is 3. The van der Waals surface area contributed by atoms with Crippen LogP contribution < -0.4 is 9.62 Å². The summed E-state index contributed by atoms with van der Waals surface area (Å²) in [5, 5.41) is 2.93. The van der Waals surface area contributed by atoms with Gasteiger partial charge in [-0.25, -0.2) is 8.42 Å². The lowest BCUT2D eigenvalue weighted by Crippen LogP contribution is -2.53. The number of hydrogen-bond acceptors (Lipinski definition) is 4. The topological polar surface area (TPSA) is 86.8 Å². The number of nitrogens with zero attached hydrogens (tertiary/aromatic N) is 2. The highest BCUT2D eigenvalue weighted by Crippen LogP contribution is 2.37. The Balaban J connectivity index is 2.18. The molecule has 0 saturated heterocycles. The van der Waals surface area contributed by atoms with Crippen LogP contribution in [0.1, 0.15) is 38.3 Å². The van der Waals surface area contributed by atoms with Crippen molar-refractivity contribution in [3.05, 3.63) is 92.9 Å². The van der Waals surface area contributed by atoms with Crippen molar-refractivity contribution < 1.29 is 31.2 Å². The Hall–Kier alpha value is -2.99. The SMILES string of the molecule is CC[C@H](C(=O)NC(C)C)N(Cc1ccc(Cl)cc1Cl)C(=O)CN(c1cc(C(F)(F)F)ccc1Cl)S(=O)(=O)c1ccccc1. The van der Waals surface area contributed by atoms with Crippen molar-refractivity contribution >= 4 is 62.3 Å². The van der Waals surface area contributed by atoms with Gasteiger partial charge in [0.05, 0.1) is 21.2 Å². The first kappa shape index (κ1) is 34.5. The van der Waals surface area contributed by atoms with Crippen molar-refractivity contribution in [2.24, 2.45) is 0 Å².